The second-order valence-electron chi connectivity index (χ2n) is 6.97. The molecule has 0 saturated carbocycles. The van der Waals surface area contributed by atoms with Crippen molar-refractivity contribution in [3.63, 3.8) is 0 Å². The molecule has 1 aliphatic rings. The van der Waals surface area contributed by atoms with Gasteiger partial charge in [0.1, 0.15) is 5.75 Å². The van der Waals surface area contributed by atoms with Gasteiger partial charge in [-0.25, -0.2) is 0 Å². The molecular weight excluding hydrogens is 262 g/mol. The van der Waals surface area contributed by atoms with Crippen LogP contribution >= 0.6 is 0 Å². The monoisotopic (exact) mass is 289 g/mol. The van der Waals surface area contributed by atoms with E-state index in [1.54, 1.807) is 0 Å². The van der Waals surface area contributed by atoms with Crippen LogP contribution in [0.2, 0.25) is 0 Å². The molecule has 0 amide bonds. The second kappa shape index (κ2) is 6.61. The molecule has 116 valence electrons. The van der Waals surface area contributed by atoms with Crippen molar-refractivity contribution < 1.29 is 9.53 Å². The summed E-state index contributed by atoms with van der Waals surface area (Å²) in [4.78, 5) is 14.6. The number of carbonyl (C=O) groups excluding carboxylic acids is 1. The van der Waals surface area contributed by atoms with Gasteiger partial charge in [0.2, 0.25) is 0 Å². The van der Waals surface area contributed by atoms with Gasteiger partial charge in [-0.1, -0.05) is 20.8 Å². The minimum Gasteiger partial charge on any atom is -0.494 e. The predicted molar refractivity (Wildman–Crippen MR) is 85.9 cm³/mol. The highest BCUT2D eigenvalue weighted by Gasteiger charge is 2.32. The maximum Gasteiger partial charge on any atom is 0.176 e. The van der Waals surface area contributed by atoms with E-state index in [0.29, 0.717) is 24.5 Å². The molecule has 1 heterocycles. The average Bonchev–Trinajstić information content (AvgIpc) is 2.88. The topological polar surface area (TPSA) is 29.5 Å². The highest BCUT2D eigenvalue weighted by Crippen LogP contribution is 2.33. The van der Waals surface area contributed by atoms with E-state index in [4.69, 9.17) is 4.74 Å². The van der Waals surface area contributed by atoms with Gasteiger partial charge in [0.05, 0.1) is 13.2 Å². The first-order valence-electron chi connectivity index (χ1n) is 7.88. The fourth-order valence-corrected chi connectivity index (χ4v) is 2.88. The fourth-order valence-electron chi connectivity index (χ4n) is 2.88. The summed E-state index contributed by atoms with van der Waals surface area (Å²) in [5.41, 5.74) is 1.11. The van der Waals surface area contributed by atoms with E-state index in [1.807, 2.05) is 31.2 Å². The Hall–Kier alpha value is -1.35. The third kappa shape index (κ3) is 4.31. The largest absolute Gasteiger partial charge is 0.494 e. The van der Waals surface area contributed by atoms with E-state index in [-0.39, 0.29) is 5.78 Å². The zero-order valence-corrected chi connectivity index (χ0v) is 13.7. The molecule has 0 radical (unpaired) electrons. The maximum absolute atomic E-state index is 12.3. The Morgan fingerprint density at radius 2 is 1.95 bits per heavy atom. The average molecular weight is 289 g/mol. The van der Waals surface area contributed by atoms with E-state index in [2.05, 4.69) is 25.7 Å². The number of hydrogen-bond acceptors (Lipinski definition) is 3. The Morgan fingerprint density at radius 3 is 2.48 bits per heavy atom. The number of carbonyl (C=O) groups is 1. The van der Waals surface area contributed by atoms with Crippen molar-refractivity contribution in [2.45, 2.75) is 34.1 Å². The molecule has 1 unspecified atom stereocenters. The van der Waals surface area contributed by atoms with Gasteiger partial charge in [-0.15, -0.1) is 0 Å². The fraction of sp³-hybridized carbons (Fsp3) is 0.611. The maximum atomic E-state index is 12.3. The lowest BCUT2D eigenvalue weighted by Crippen LogP contribution is -2.30. The normalized spacial score (nSPS) is 19.7. The van der Waals surface area contributed by atoms with Gasteiger partial charge < -0.3 is 4.74 Å². The molecule has 1 fully saturated rings. The molecule has 0 aromatic heterocycles. The molecule has 0 aliphatic carbocycles. The molecule has 0 spiro atoms. The van der Waals surface area contributed by atoms with Crippen LogP contribution in [0.5, 0.6) is 5.75 Å². The summed E-state index contributed by atoms with van der Waals surface area (Å²) >= 11 is 0. The number of ether oxygens (including phenoxy) is 1. The van der Waals surface area contributed by atoms with E-state index in [0.717, 1.165) is 24.4 Å². The van der Waals surface area contributed by atoms with Crippen molar-refractivity contribution in [3.8, 4) is 5.75 Å². The van der Waals surface area contributed by atoms with Crippen LogP contribution in [0.25, 0.3) is 0 Å². The lowest BCUT2D eigenvalue weighted by molar-refractivity contribution is 0.0938. The third-order valence-electron chi connectivity index (χ3n) is 4.35. The second-order valence-corrected chi connectivity index (χ2v) is 6.97. The first-order chi connectivity index (χ1) is 9.90. The molecule has 1 aromatic carbocycles. The molecule has 1 aromatic rings. The number of ketones is 1. The number of benzene rings is 1. The van der Waals surface area contributed by atoms with Crippen LogP contribution in [0.15, 0.2) is 24.3 Å². The number of likely N-dealkylation sites (tertiary alicyclic amines) is 1. The Balaban J connectivity index is 1.90. The van der Waals surface area contributed by atoms with Crippen LogP contribution in [0, 0.1) is 11.3 Å². The predicted octanol–water partition coefficient (Wildman–Crippen LogP) is 3.64. The molecule has 1 saturated heterocycles. The third-order valence-corrected chi connectivity index (χ3v) is 4.35. The first kappa shape index (κ1) is 16.0. The van der Waals surface area contributed by atoms with Crippen molar-refractivity contribution in [1.29, 1.82) is 0 Å². The van der Waals surface area contributed by atoms with Crippen molar-refractivity contribution in [2.75, 3.05) is 26.2 Å². The van der Waals surface area contributed by atoms with Gasteiger partial charge in [-0.05, 0) is 55.5 Å². The summed E-state index contributed by atoms with van der Waals surface area (Å²) < 4.78 is 5.40. The molecular formula is C18H27NO2. The molecule has 1 atom stereocenters. The smallest absolute Gasteiger partial charge is 0.176 e. The van der Waals surface area contributed by atoms with Gasteiger partial charge in [-0.2, -0.15) is 0 Å². The first-order valence-corrected chi connectivity index (χ1v) is 7.88. The van der Waals surface area contributed by atoms with Gasteiger partial charge in [0, 0.05) is 12.1 Å². The summed E-state index contributed by atoms with van der Waals surface area (Å²) in [7, 11) is 0. The minimum absolute atomic E-state index is 0.201. The van der Waals surface area contributed by atoms with Crippen LogP contribution in [-0.2, 0) is 0 Å². The van der Waals surface area contributed by atoms with Crippen molar-refractivity contribution in [3.05, 3.63) is 29.8 Å². The SMILES string of the molecule is CCOc1ccc(C(=O)CN2CCC(C(C)(C)C)C2)cc1. The van der Waals surface area contributed by atoms with Crippen molar-refractivity contribution in [1.82, 2.24) is 4.90 Å². The lowest BCUT2D eigenvalue weighted by Gasteiger charge is -2.27. The van der Waals surface area contributed by atoms with Crippen LogP contribution in [0.3, 0.4) is 0 Å². The number of hydrogen-bond donors (Lipinski definition) is 0. The highest BCUT2D eigenvalue weighted by molar-refractivity contribution is 5.97. The molecule has 21 heavy (non-hydrogen) atoms. The van der Waals surface area contributed by atoms with Crippen LogP contribution < -0.4 is 4.74 Å². The molecule has 3 heteroatoms. The summed E-state index contributed by atoms with van der Waals surface area (Å²) in [5.74, 6) is 1.71. The summed E-state index contributed by atoms with van der Waals surface area (Å²) in [5, 5.41) is 0. The summed E-state index contributed by atoms with van der Waals surface area (Å²) in [6, 6.07) is 7.48. The Labute approximate surface area is 128 Å². The molecule has 3 nitrogen and oxygen atoms in total. The zero-order valence-electron chi connectivity index (χ0n) is 13.7. The van der Waals surface area contributed by atoms with Crippen LogP contribution in [0.1, 0.15) is 44.5 Å². The Bertz CT molecular complexity index is 473. The van der Waals surface area contributed by atoms with Gasteiger partial charge in [-0.3, -0.25) is 9.69 Å². The summed E-state index contributed by atoms with van der Waals surface area (Å²) in [6.45, 7) is 12.1. The van der Waals surface area contributed by atoms with E-state index in [1.165, 1.54) is 6.42 Å². The molecule has 1 aliphatic heterocycles. The minimum atomic E-state index is 0.201. The Morgan fingerprint density at radius 1 is 1.29 bits per heavy atom. The molecule has 0 bridgehead atoms. The van der Waals surface area contributed by atoms with E-state index in [9.17, 15) is 4.79 Å². The highest BCUT2D eigenvalue weighted by atomic mass is 16.5. The van der Waals surface area contributed by atoms with Gasteiger partial charge in [0.15, 0.2) is 5.78 Å². The van der Waals surface area contributed by atoms with E-state index >= 15 is 0 Å². The van der Waals surface area contributed by atoms with Gasteiger partial charge >= 0.3 is 0 Å². The molecule has 0 N–H and O–H groups in total. The van der Waals surface area contributed by atoms with Crippen LogP contribution in [-0.4, -0.2) is 36.9 Å². The van der Waals surface area contributed by atoms with Crippen molar-refractivity contribution >= 4 is 5.78 Å². The van der Waals surface area contributed by atoms with Crippen LogP contribution in [0.4, 0.5) is 0 Å². The summed E-state index contributed by atoms with van der Waals surface area (Å²) in [6.07, 6.45) is 1.19. The quantitative estimate of drug-likeness (QED) is 0.775. The molecule has 2 rings (SSSR count). The Kier molecular flexibility index (Phi) is 5.04. The van der Waals surface area contributed by atoms with Gasteiger partial charge in [0.25, 0.3) is 0 Å². The van der Waals surface area contributed by atoms with Crippen molar-refractivity contribution in [2.24, 2.45) is 11.3 Å². The number of Topliss-reactive ketones (excluding diaryl/α,β-unsaturated/α-hetero) is 1. The number of nitrogens with zero attached hydrogens (tertiary/aromatic N) is 1. The number of rotatable bonds is 5. The van der Waals surface area contributed by atoms with E-state index < -0.39 is 0 Å². The standard InChI is InChI=1S/C18H27NO2/c1-5-21-16-8-6-14(7-9-16)17(20)13-19-11-10-15(12-19)18(2,3)4/h6-9,15H,5,10-13H2,1-4H3. The lowest BCUT2D eigenvalue weighted by atomic mass is 9.80. The zero-order chi connectivity index (χ0) is 15.5.